The highest BCUT2D eigenvalue weighted by molar-refractivity contribution is 7.80. The van der Waals surface area contributed by atoms with Crippen molar-refractivity contribution in [3.05, 3.63) is 102 Å². The van der Waals surface area contributed by atoms with Crippen LogP contribution in [0.15, 0.2) is 85.1 Å². The average Bonchev–Trinajstić information content (AvgIpc) is 2.96. The van der Waals surface area contributed by atoms with Gasteiger partial charge in [0.2, 0.25) is 5.95 Å². The van der Waals surface area contributed by atoms with Crippen LogP contribution in [-0.4, -0.2) is 45.4 Å². The number of anilines is 3. The van der Waals surface area contributed by atoms with Gasteiger partial charge in [-0.1, -0.05) is 67.6 Å². The molecule has 0 aliphatic rings. The maximum absolute atomic E-state index is 11.5. The quantitative estimate of drug-likeness (QED) is 0.239. The molecule has 4 aromatic rings. The number of hydrogen-bond acceptors (Lipinski definition) is 6. The molecule has 4 rings (SSSR count). The van der Waals surface area contributed by atoms with E-state index in [-0.39, 0.29) is 0 Å². The van der Waals surface area contributed by atoms with Crippen LogP contribution in [0.25, 0.3) is 11.3 Å². The van der Waals surface area contributed by atoms with Crippen molar-refractivity contribution in [2.24, 2.45) is 0 Å². The lowest BCUT2D eigenvalue weighted by molar-refractivity contribution is 0.112. The molecule has 0 fully saturated rings. The van der Waals surface area contributed by atoms with Gasteiger partial charge < -0.3 is 10.6 Å². The van der Waals surface area contributed by atoms with Crippen LogP contribution >= 0.6 is 0 Å². The van der Waals surface area contributed by atoms with Crippen molar-refractivity contribution in [1.82, 2.24) is 19.0 Å². The lowest BCUT2D eigenvalue weighted by Gasteiger charge is -2.15. The van der Waals surface area contributed by atoms with E-state index in [0.29, 0.717) is 24.6 Å². The van der Waals surface area contributed by atoms with Gasteiger partial charge in [0.15, 0.2) is 11.2 Å². The number of carbonyl (C=O) groups is 1. The van der Waals surface area contributed by atoms with Gasteiger partial charge in [-0.2, -0.15) is 0 Å². The lowest BCUT2D eigenvalue weighted by atomic mass is 10.1. The van der Waals surface area contributed by atoms with Gasteiger partial charge in [-0.05, 0) is 36.2 Å². The number of nitrogens with one attached hydrogen (secondary N) is 3. The molecule has 0 aliphatic heterocycles. The molecule has 8 nitrogen and oxygen atoms in total. The van der Waals surface area contributed by atoms with Crippen LogP contribution in [0.3, 0.4) is 0 Å². The Balaban J connectivity index is 0.000000223. The molecule has 3 aromatic carbocycles. The molecule has 0 saturated carbocycles. The SMILES string of the molecule is CCNS(=O)N(C)Cc1ccc(C=O)cc1.CNc1ccc(C)c(Nc2nccc(-c3ccccc3)n2)c1. The van der Waals surface area contributed by atoms with Gasteiger partial charge in [-0.15, -0.1) is 0 Å². The molecule has 1 atom stereocenters. The van der Waals surface area contributed by atoms with Crippen LogP contribution in [0.5, 0.6) is 0 Å². The summed E-state index contributed by atoms with van der Waals surface area (Å²) in [6.07, 6.45) is 2.58. The molecule has 1 aromatic heterocycles. The second kappa shape index (κ2) is 14.7. The smallest absolute Gasteiger partial charge is 0.227 e. The Morgan fingerprint density at radius 1 is 1.00 bits per heavy atom. The van der Waals surface area contributed by atoms with E-state index in [2.05, 4.69) is 38.3 Å². The molecular formula is C29H34N6O2S. The van der Waals surface area contributed by atoms with Crippen molar-refractivity contribution in [1.29, 1.82) is 0 Å². The molecule has 0 saturated heterocycles. The fourth-order valence-electron chi connectivity index (χ4n) is 3.47. The molecular weight excluding hydrogens is 496 g/mol. The molecule has 0 spiro atoms. The second-order valence-electron chi connectivity index (χ2n) is 8.43. The summed E-state index contributed by atoms with van der Waals surface area (Å²) in [4.78, 5) is 19.4. The Morgan fingerprint density at radius 2 is 1.74 bits per heavy atom. The van der Waals surface area contributed by atoms with Gasteiger partial charge >= 0.3 is 0 Å². The van der Waals surface area contributed by atoms with E-state index >= 15 is 0 Å². The Morgan fingerprint density at radius 3 is 2.39 bits per heavy atom. The van der Waals surface area contributed by atoms with Crippen molar-refractivity contribution >= 4 is 34.8 Å². The standard InChI is InChI=1S/C18H18N4.C11H16N2O2S/c1-13-8-9-15(19-2)12-17(13)22-18-20-11-10-16(21-18)14-6-4-3-5-7-14;1-3-12-16(15)13(2)8-10-4-6-11(9-14)7-5-10/h3-12,19H,1-2H3,(H,20,21,22);4-7,9,12H,3,8H2,1-2H3. The highest BCUT2D eigenvalue weighted by Crippen LogP contribution is 2.24. The summed E-state index contributed by atoms with van der Waals surface area (Å²) >= 11 is -1.16. The van der Waals surface area contributed by atoms with Gasteiger partial charge in [0, 0.05) is 55.9 Å². The molecule has 3 N–H and O–H groups in total. The first kappa shape index (κ1) is 28.6. The highest BCUT2D eigenvalue weighted by Gasteiger charge is 2.07. The van der Waals surface area contributed by atoms with E-state index in [1.807, 2.05) is 74.6 Å². The van der Waals surface area contributed by atoms with Gasteiger partial charge in [0.1, 0.15) is 6.29 Å². The summed E-state index contributed by atoms with van der Waals surface area (Å²) in [6.45, 7) is 5.22. The van der Waals surface area contributed by atoms with Crippen molar-refractivity contribution < 1.29 is 9.00 Å². The third kappa shape index (κ3) is 8.58. The summed E-state index contributed by atoms with van der Waals surface area (Å²) in [5.74, 6) is 0.595. The predicted molar refractivity (Wildman–Crippen MR) is 157 cm³/mol. The van der Waals surface area contributed by atoms with Crippen LogP contribution < -0.4 is 15.4 Å². The Labute approximate surface area is 227 Å². The van der Waals surface area contributed by atoms with Crippen LogP contribution in [0.1, 0.15) is 28.4 Å². The minimum atomic E-state index is -1.16. The maximum atomic E-state index is 11.5. The number of aromatic nitrogens is 2. The van der Waals surface area contributed by atoms with Crippen molar-refractivity contribution in [2.45, 2.75) is 20.4 Å². The van der Waals surface area contributed by atoms with E-state index in [1.165, 1.54) is 0 Å². The van der Waals surface area contributed by atoms with E-state index in [9.17, 15) is 9.00 Å². The zero-order chi connectivity index (χ0) is 27.3. The molecule has 1 unspecified atom stereocenters. The second-order valence-corrected chi connectivity index (χ2v) is 9.84. The minimum absolute atomic E-state index is 0.582. The topological polar surface area (TPSA) is 99.2 Å². The Kier molecular flexibility index (Phi) is 11.1. The number of rotatable bonds is 10. The van der Waals surface area contributed by atoms with Gasteiger partial charge in [0.05, 0.1) is 5.69 Å². The maximum Gasteiger partial charge on any atom is 0.227 e. The summed E-state index contributed by atoms with van der Waals surface area (Å²) < 4.78 is 16.1. The summed E-state index contributed by atoms with van der Waals surface area (Å²) in [6, 6.07) is 25.4. The fraction of sp³-hybridized carbons (Fsp3) is 0.207. The predicted octanol–water partition coefficient (Wildman–Crippen LogP) is 5.36. The van der Waals surface area contributed by atoms with Crippen LogP contribution in [-0.2, 0) is 17.7 Å². The van der Waals surface area contributed by atoms with Crippen LogP contribution in [0.2, 0.25) is 0 Å². The molecule has 38 heavy (non-hydrogen) atoms. The molecule has 198 valence electrons. The van der Waals surface area contributed by atoms with E-state index in [4.69, 9.17) is 0 Å². The first-order valence-electron chi connectivity index (χ1n) is 12.3. The summed E-state index contributed by atoms with van der Waals surface area (Å²) in [7, 11) is 3.69. The van der Waals surface area contributed by atoms with Crippen LogP contribution in [0, 0.1) is 6.92 Å². The third-order valence-electron chi connectivity index (χ3n) is 5.57. The van der Waals surface area contributed by atoms with Crippen LogP contribution in [0.4, 0.5) is 17.3 Å². The molecule has 0 amide bonds. The van der Waals surface area contributed by atoms with E-state index in [1.54, 1.807) is 29.7 Å². The largest absolute Gasteiger partial charge is 0.388 e. The van der Waals surface area contributed by atoms with Gasteiger partial charge in [0.25, 0.3) is 0 Å². The van der Waals surface area contributed by atoms with Crippen molar-refractivity contribution in [3.8, 4) is 11.3 Å². The number of carbonyl (C=O) groups excluding carboxylic acids is 1. The summed E-state index contributed by atoms with van der Waals surface area (Å²) in [5.41, 5.74) is 6.85. The molecule has 0 radical (unpaired) electrons. The number of aldehydes is 1. The van der Waals surface area contributed by atoms with Gasteiger partial charge in [-0.25, -0.2) is 23.2 Å². The van der Waals surface area contributed by atoms with E-state index in [0.717, 1.165) is 40.0 Å². The average molecular weight is 531 g/mol. The molecule has 0 aliphatic carbocycles. The monoisotopic (exact) mass is 530 g/mol. The minimum Gasteiger partial charge on any atom is -0.388 e. The van der Waals surface area contributed by atoms with Crippen molar-refractivity contribution in [2.75, 3.05) is 31.3 Å². The first-order chi connectivity index (χ1) is 18.4. The normalized spacial score (nSPS) is 11.3. The molecule has 0 bridgehead atoms. The third-order valence-corrected chi connectivity index (χ3v) is 6.80. The number of hydrogen-bond donors (Lipinski definition) is 3. The number of aryl methyl sites for hydroxylation is 1. The number of benzene rings is 3. The molecule has 9 heteroatoms. The summed E-state index contributed by atoms with van der Waals surface area (Å²) in [5, 5.41) is 6.43. The highest BCUT2D eigenvalue weighted by atomic mass is 32.2. The molecule has 1 heterocycles. The zero-order valence-corrected chi connectivity index (χ0v) is 23.0. The first-order valence-corrected chi connectivity index (χ1v) is 13.4. The number of nitrogens with zero attached hydrogens (tertiary/aromatic N) is 3. The Bertz CT molecular complexity index is 1330. The van der Waals surface area contributed by atoms with Gasteiger partial charge in [-0.3, -0.25) is 4.79 Å². The fourth-order valence-corrected chi connectivity index (χ4v) is 4.21. The lowest BCUT2D eigenvalue weighted by Crippen LogP contribution is -2.31. The van der Waals surface area contributed by atoms with E-state index < -0.39 is 11.2 Å². The Hall–Kier alpha value is -3.92. The van der Waals surface area contributed by atoms with Crippen molar-refractivity contribution in [3.63, 3.8) is 0 Å². The zero-order valence-electron chi connectivity index (χ0n) is 22.1.